The number of carbonyl (C=O) groups excluding carboxylic acids is 1. The van der Waals surface area contributed by atoms with E-state index in [-0.39, 0.29) is 16.7 Å². The normalized spacial score (nSPS) is 11.6. The number of carboxylic acids is 1. The highest BCUT2D eigenvalue weighted by Crippen LogP contribution is 2.38. The standard InChI is InChI=1S/C23H12ClF5N2O4/c1-35-17-9-10(15(26)8-11(17)22(33)34)20-19-14(25)6-3-7-16(19)31(30-20)21(32)18-12(23(27,28)29)4-2-5-13(18)24/h2-9H,1H3,(H,33,34). The number of nitrogens with zero attached hydrogens (tertiary/aromatic N) is 2. The lowest BCUT2D eigenvalue weighted by atomic mass is 10.0. The highest BCUT2D eigenvalue weighted by Gasteiger charge is 2.37. The number of aromatic carboxylic acids is 1. The number of halogens is 6. The maximum atomic E-state index is 14.9. The lowest BCUT2D eigenvalue weighted by Crippen LogP contribution is -2.20. The van der Waals surface area contributed by atoms with Crippen molar-refractivity contribution in [2.24, 2.45) is 0 Å². The fourth-order valence-corrected chi connectivity index (χ4v) is 3.88. The van der Waals surface area contributed by atoms with Crippen LogP contribution in [-0.2, 0) is 6.18 Å². The van der Waals surface area contributed by atoms with Gasteiger partial charge in [-0.15, -0.1) is 0 Å². The zero-order chi connectivity index (χ0) is 25.7. The van der Waals surface area contributed by atoms with Gasteiger partial charge in [-0.1, -0.05) is 23.7 Å². The molecule has 6 nitrogen and oxygen atoms in total. The number of ether oxygens (including phenoxy) is 1. The topological polar surface area (TPSA) is 81.4 Å². The van der Waals surface area contributed by atoms with Crippen LogP contribution in [0.1, 0.15) is 26.3 Å². The summed E-state index contributed by atoms with van der Waals surface area (Å²) in [5, 5.41) is 12.3. The number of fused-ring (bicyclic) bond motifs is 1. The van der Waals surface area contributed by atoms with Crippen LogP contribution in [0.25, 0.3) is 22.2 Å². The first-order valence-electron chi connectivity index (χ1n) is 9.64. The van der Waals surface area contributed by atoms with Crippen LogP contribution in [0, 0.1) is 11.6 Å². The summed E-state index contributed by atoms with van der Waals surface area (Å²) in [5.74, 6) is -5.21. The molecule has 0 aliphatic rings. The predicted octanol–water partition coefficient (Wildman–Crippen LogP) is 6.05. The summed E-state index contributed by atoms with van der Waals surface area (Å²) < 4.78 is 76.0. The van der Waals surface area contributed by atoms with Crippen LogP contribution < -0.4 is 4.74 Å². The van der Waals surface area contributed by atoms with E-state index in [1.54, 1.807) is 0 Å². The number of methoxy groups -OCH3 is 1. The SMILES string of the molecule is COc1cc(-c2nn(C(=O)c3c(Cl)cccc3C(F)(F)F)c3cccc(F)c23)c(F)cc1C(=O)O. The van der Waals surface area contributed by atoms with Crippen LogP contribution in [-0.4, -0.2) is 33.9 Å². The molecule has 1 aromatic heterocycles. The molecule has 0 spiro atoms. The van der Waals surface area contributed by atoms with Crippen molar-refractivity contribution < 1.29 is 41.4 Å². The number of carboxylic acid groups (broad SMARTS) is 1. The smallest absolute Gasteiger partial charge is 0.417 e. The number of rotatable bonds is 4. The van der Waals surface area contributed by atoms with Crippen LogP contribution in [0.3, 0.4) is 0 Å². The Labute approximate surface area is 198 Å². The van der Waals surface area contributed by atoms with Crippen LogP contribution in [0.4, 0.5) is 22.0 Å². The molecule has 0 atom stereocenters. The second kappa shape index (κ2) is 8.66. The van der Waals surface area contributed by atoms with Gasteiger partial charge in [-0.2, -0.15) is 23.0 Å². The van der Waals surface area contributed by atoms with Gasteiger partial charge in [0.1, 0.15) is 28.6 Å². The third kappa shape index (κ3) is 4.08. The third-order valence-electron chi connectivity index (χ3n) is 5.16. The highest BCUT2D eigenvalue weighted by molar-refractivity contribution is 6.34. The number of carbonyl (C=O) groups is 2. The van der Waals surface area contributed by atoms with Gasteiger partial charge in [-0.05, 0) is 36.4 Å². The minimum atomic E-state index is -4.95. The third-order valence-corrected chi connectivity index (χ3v) is 5.47. The van der Waals surface area contributed by atoms with Crippen LogP contribution in [0.2, 0.25) is 5.02 Å². The van der Waals surface area contributed by atoms with E-state index < -0.39 is 62.7 Å². The van der Waals surface area contributed by atoms with Gasteiger partial charge in [0.15, 0.2) is 0 Å². The fraction of sp³-hybridized carbons (Fsp3) is 0.0870. The van der Waals surface area contributed by atoms with Gasteiger partial charge < -0.3 is 9.84 Å². The summed E-state index contributed by atoms with van der Waals surface area (Å²) in [6.07, 6.45) is -4.95. The highest BCUT2D eigenvalue weighted by atomic mass is 35.5. The molecule has 0 amide bonds. The quantitative estimate of drug-likeness (QED) is 0.338. The summed E-state index contributed by atoms with van der Waals surface area (Å²) in [5.41, 5.74) is -3.96. The van der Waals surface area contributed by atoms with Crippen LogP contribution in [0.15, 0.2) is 48.5 Å². The molecule has 4 rings (SSSR count). The van der Waals surface area contributed by atoms with Crippen molar-refractivity contribution in [2.45, 2.75) is 6.18 Å². The van der Waals surface area contributed by atoms with E-state index in [0.29, 0.717) is 16.8 Å². The molecule has 3 aromatic carbocycles. The molecule has 0 saturated heterocycles. The average Bonchev–Trinajstić information content (AvgIpc) is 3.18. The molecule has 1 N–H and O–H groups in total. The summed E-state index contributed by atoms with van der Waals surface area (Å²) >= 11 is 5.93. The second-order valence-corrected chi connectivity index (χ2v) is 7.60. The van der Waals surface area contributed by atoms with Crippen molar-refractivity contribution in [3.63, 3.8) is 0 Å². The first-order valence-corrected chi connectivity index (χ1v) is 10.0. The number of hydrogen-bond donors (Lipinski definition) is 1. The Morgan fingerprint density at radius 1 is 1.06 bits per heavy atom. The summed E-state index contributed by atoms with van der Waals surface area (Å²) in [7, 11) is 1.13. The molecule has 0 radical (unpaired) electrons. The Balaban J connectivity index is 2.03. The molecular formula is C23H12ClF5N2O4. The van der Waals surface area contributed by atoms with Gasteiger partial charge in [0.05, 0.1) is 34.2 Å². The van der Waals surface area contributed by atoms with Gasteiger partial charge >= 0.3 is 12.1 Å². The number of benzene rings is 3. The van der Waals surface area contributed by atoms with E-state index >= 15 is 0 Å². The molecule has 0 unspecified atom stereocenters. The van der Waals surface area contributed by atoms with E-state index in [1.165, 1.54) is 12.1 Å². The number of alkyl halides is 3. The second-order valence-electron chi connectivity index (χ2n) is 7.20. The molecule has 0 saturated carbocycles. The first kappa shape index (κ1) is 24.1. The maximum absolute atomic E-state index is 14.9. The van der Waals surface area contributed by atoms with E-state index in [4.69, 9.17) is 16.3 Å². The van der Waals surface area contributed by atoms with E-state index in [9.17, 15) is 36.6 Å². The molecule has 4 aromatic rings. The summed E-state index contributed by atoms with van der Waals surface area (Å²) in [6.45, 7) is 0. The Bertz CT molecular complexity index is 1510. The molecule has 0 fully saturated rings. The van der Waals surface area contributed by atoms with Crippen molar-refractivity contribution in [1.29, 1.82) is 0 Å². The van der Waals surface area contributed by atoms with Gasteiger partial charge in [-0.25, -0.2) is 13.6 Å². The Hall–Kier alpha value is -3.99. The van der Waals surface area contributed by atoms with Crippen molar-refractivity contribution in [1.82, 2.24) is 9.78 Å². The Kier molecular flexibility index (Phi) is 5.97. The molecule has 0 aliphatic heterocycles. The van der Waals surface area contributed by atoms with Gasteiger partial charge in [0.25, 0.3) is 5.91 Å². The van der Waals surface area contributed by atoms with Crippen LogP contribution >= 0.6 is 11.6 Å². The largest absolute Gasteiger partial charge is 0.496 e. The Morgan fingerprint density at radius 2 is 1.74 bits per heavy atom. The van der Waals surface area contributed by atoms with E-state index in [1.807, 2.05) is 0 Å². The molecule has 35 heavy (non-hydrogen) atoms. The van der Waals surface area contributed by atoms with E-state index in [2.05, 4.69) is 5.10 Å². The Morgan fingerprint density at radius 3 is 2.37 bits per heavy atom. The molecular weight excluding hydrogens is 499 g/mol. The lowest BCUT2D eigenvalue weighted by Gasteiger charge is -2.13. The minimum absolute atomic E-state index is 0.265. The molecule has 12 heteroatoms. The summed E-state index contributed by atoms with van der Waals surface area (Å²) in [4.78, 5) is 24.6. The fourth-order valence-electron chi connectivity index (χ4n) is 3.63. The first-order chi connectivity index (χ1) is 16.5. The number of hydrogen-bond acceptors (Lipinski definition) is 4. The van der Waals surface area contributed by atoms with Gasteiger partial charge in [0.2, 0.25) is 0 Å². The molecule has 0 bridgehead atoms. The van der Waals surface area contributed by atoms with Crippen molar-refractivity contribution >= 4 is 34.4 Å². The van der Waals surface area contributed by atoms with Crippen LogP contribution in [0.5, 0.6) is 5.75 Å². The minimum Gasteiger partial charge on any atom is -0.496 e. The van der Waals surface area contributed by atoms with E-state index in [0.717, 1.165) is 31.4 Å². The molecule has 1 heterocycles. The van der Waals surface area contributed by atoms with Gasteiger partial charge in [-0.3, -0.25) is 4.79 Å². The predicted molar refractivity (Wildman–Crippen MR) is 115 cm³/mol. The molecule has 0 aliphatic carbocycles. The van der Waals surface area contributed by atoms with Crippen molar-refractivity contribution in [3.8, 4) is 17.0 Å². The van der Waals surface area contributed by atoms with Gasteiger partial charge in [0, 0.05) is 5.56 Å². The monoisotopic (exact) mass is 510 g/mol. The van der Waals surface area contributed by atoms with Crippen molar-refractivity contribution in [2.75, 3.05) is 7.11 Å². The summed E-state index contributed by atoms with van der Waals surface area (Å²) in [6, 6.07) is 7.69. The lowest BCUT2D eigenvalue weighted by molar-refractivity contribution is -0.137. The average molecular weight is 511 g/mol. The molecule has 180 valence electrons. The zero-order valence-corrected chi connectivity index (χ0v) is 18.2. The zero-order valence-electron chi connectivity index (χ0n) is 17.5. The van der Waals surface area contributed by atoms with Crippen molar-refractivity contribution in [3.05, 3.63) is 81.9 Å². The maximum Gasteiger partial charge on any atom is 0.417 e. The number of aromatic nitrogens is 2.